The fourth-order valence-electron chi connectivity index (χ4n) is 1.75. The van der Waals surface area contributed by atoms with Crippen molar-refractivity contribution >= 4 is 11.6 Å². The average Bonchev–Trinajstić information content (AvgIpc) is 2.35. The van der Waals surface area contributed by atoms with Crippen molar-refractivity contribution in [3.63, 3.8) is 0 Å². The molecule has 0 aliphatic carbocycles. The Balaban J connectivity index is 2.13. The summed E-state index contributed by atoms with van der Waals surface area (Å²) in [5, 5.41) is 9.26. The van der Waals surface area contributed by atoms with Crippen LogP contribution in [0.15, 0.2) is 42.5 Å². The maximum Gasteiger partial charge on any atom is 0.141 e. The van der Waals surface area contributed by atoms with Crippen LogP contribution in [-0.4, -0.2) is 5.11 Å². The highest BCUT2D eigenvalue weighted by atomic mass is 35.5. The van der Waals surface area contributed by atoms with Gasteiger partial charge in [0.2, 0.25) is 0 Å². The highest BCUT2D eigenvalue weighted by molar-refractivity contribution is 6.30. The predicted molar refractivity (Wildman–Crippen MR) is 70.1 cm³/mol. The fraction of sp³-hybridized carbons (Fsp3) is 0.143. The third-order valence-corrected chi connectivity index (χ3v) is 3.05. The second kappa shape index (κ2) is 5.38. The molecule has 0 radical (unpaired) electrons. The van der Waals surface area contributed by atoms with E-state index in [9.17, 15) is 9.50 Å². The summed E-state index contributed by atoms with van der Waals surface area (Å²) in [5.74, 6) is -0.227. The van der Waals surface area contributed by atoms with Gasteiger partial charge in [-0.25, -0.2) is 4.39 Å². The van der Waals surface area contributed by atoms with E-state index in [1.165, 1.54) is 6.07 Å². The summed E-state index contributed by atoms with van der Waals surface area (Å²) in [4.78, 5) is 0. The zero-order chi connectivity index (χ0) is 13.1. The van der Waals surface area contributed by atoms with Crippen LogP contribution in [0.5, 0.6) is 5.75 Å². The van der Waals surface area contributed by atoms with Crippen LogP contribution in [0.1, 0.15) is 17.2 Å². The van der Waals surface area contributed by atoms with Gasteiger partial charge in [-0.1, -0.05) is 29.8 Å². The number of nitrogens with two attached hydrogens (primary N) is 1. The molecular weight excluding hydrogens is 253 g/mol. The largest absolute Gasteiger partial charge is 0.508 e. The van der Waals surface area contributed by atoms with Gasteiger partial charge in [0.25, 0.3) is 0 Å². The maximum absolute atomic E-state index is 13.0. The molecule has 94 valence electrons. The second-order valence-electron chi connectivity index (χ2n) is 4.15. The Kier molecular flexibility index (Phi) is 3.84. The lowest BCUT2D eigenvalue weighted by molar-refractivity contribution is 0.475. The number of hydrogen-bond donors (Lipinski definition) is 2. The molecule has 18 heavy (non-hydrogen) atoms. The Bertz CT molecular complexity index is 542. The first-order chi connectivity index (χ1) is 8.56. The van der Waals surface area contributed by atoms with Crippen LogP contribution in [0, 0.1) is 5.82 Å². The number of phenols is 1. The van der Waals surface area contributed by atoms with Gasteiger partial charge in [0.1, 0.15) is 11.6 Å². The Hall–Kier alpha value is -1.58. The van der Waals surface area contributed by atoms with E-state index in [1.54, 1.807) is 36.4 Å². The molecule has 0 amide bonds. The smallest absolute Gasteiger partial charge is 0.141 e. The molecule has 0 fully saturated rings. The van der Waals surface area contributed by atoms with E-state index in [0.29, 0.717) is 6.42 Å². The molecule has 1 unspecified atom stereocenters. The van der Waals surface area contributed by atoms with Crippen molar-refractivity contribution in [1.29, 1.82) is 0 Å². The summed E-state index contributed by atoms with van der Waals surface area (Å²) in [5.41, 5.74) is 7.83. The number of rotatable bonds is 3. The van der Waals surface area contributed by atoms with Crippen LogP contribution < -0.4 is 5.73 Å². The molecule has 3 N–H and O–H groups in total. The first-order valence-corrected chi connectivity index (χ1v) is 5.92. The van der Waals surface area contributed by atoms with Crippen molar-refractivity contribution in [1.82, 2.24) is 0 Å². The number of phenolic OH excluding ortho intramolecular Hbond substituents is 1. The van der Waals surface area contributed by atoms with E-state index in [0.717, 1.165) is 11.1 Å². The lowest BCUT2D eigenvalue weighted by Gasteiger charge is -2.12. The van der Waals surface area contributed by atoms with Gasteiger partial charge in [-0.3, -0.25) is 0 Å². The van der Waals surface area contributed by atoms with Gasteiger partial charge in [-0.05, 0) is 41.8 Å². The summed E-state index contributed by atoms with van der Waals surface area (Å²) in [6, 6.07) is 11.1. The van der Waals surface area contributed by atoms with E-state index >= 15 is 0 Å². The molecule has 2 aromatic carbocycles. The molecule has 0 bridgehead atoms. The summed E-state index contributed by atoms with van der Waals surface area (Å²) in [6.07, 6.45) is 0.599. The summed E-state index contributed by atoms with van der Waals surface area (Å²) in [7, 11) is 0. The minimum atomic E-state index is -0.447. The number of benzene rings is 2. The van der Waals surface area contributed by atoms with Gasteiger partial charge < -0.3 is 10.8 Å². The van der Waals surface area contributed by atoms with Crippen LogP contribution >= 0.6 is 11.6 Å². The molecule has 0 heterocycles. The molecule has 4 heteroatoms. The number of halogens is 2. The van der Waals surface area contributed by atoms with Crippen molar-refractivity contribution in [2.24, 2.45) is 5.73 Å². The summed E-state index contributed by atoms with van der Waals surface area (Å²) in [6.45, 7) is 0. The standard InChI is InChI=1S/C14H13ClFNO/c15-12-8-10(3-6-13(12)16)14(17)7-9-1-4-11(18)5-2-9/h1-6,8,14,18H,7,17H2. The third kappa shape index (κ3) is 3.00. The van der Waals surface area contributed by atoms with E-state index in [4.69, 9.17) is 17.3 Å². The molecule has 0 aromatic heterocycles. The molecule has 2 rings (SSSR count). The predicted octanol–water partition coefficient (Wildman–Crippen LogP) is 3.43. The van der Waals surface area contributed by atoms with Crippen LogP contribution in [0.3, 0.4) is 0 Å². The van der Waals surface area contributed by atoms with Gasteiger partial charge in [-0.2, -0.15) is 0 Å². The first kappa shape index (κ1) is 12.9. The molecule has 0 spiro atoms. The average molecular weight is 266 g/mol. The van der Waals surface area contributed by atoms with Crippen molar-refractivity contribution < 1.29 is 9.50 Å². The lowest BCUT2D eigenvalue weighted by atomic mass is 10.00. The van der Waals surface area contributed by atoms with Gasteiger partial charge in [0.05, 0.1) is 5.02 Å². The monoisotopic (exact) mass is 265 g/mol. The summed E-state index contributed by atoms with van der Waals surface area (Å²) < 4.78 is 13.0. The van der Waals surface area contributed by atoms with Gasteiger partial charge in [0, 0.05) is 6.04 Å². The highest BCUT2D eigenvalue weighted by Gasteiger charge is 2.09. The van der Waals surface area contributed by atoms with E-state index in [-0.39, 0.29) is 16.8 Å². The minimum Gasteiger partial charge on any atom is -0.508 e. The normalized spacial score (nSPS) is 12.4. The van der Waals surface area contributed by atoms with Crippen molar-refractivity contribution in [3.05, 3.63) is 64.4 Å². The van der Waals surface area contributed by atoms with E-state index < -0.39 is 5.82 Å². The Morgan fingerprint density at radius 1 is 1.17 bits per heavy atom. The first-order valence-electron chi connectivity index (χ1n) is 5.54. The number of hydrogen-bond acceptors (Lipinski definition) is 2. The molecule has 0 aliphatic heterocycles. The lowest BCUT2D eigenvalue weighted by Crippen LogP contribution is -2.13. The Morgan fingerprint density at radius 3 is 2.44 bits per heavy atom. The highest BCUT2D eigenvalue weighted by Crippen LogP contribution is 2.22. The van der Waals surface area contributed by atoms with Crippen molar-refractivity contribution in [2.75, 3.05) is 0 Å². The molecule has 2 aromatic rings. The van der Waals surface area contributed by atoms with Crippen LogP contribution in [0.2, 0.25) is 5.02 Å². The molecule has 0 aliphatic rings. The van der Waals surface area contributed by atoms with E-state index in [2.05, 4.69) is 0 Å². The van der Waals surface area contributed by atoms with Crippen molar-refractivity contribution in [3.8, 4) is 5.75 Å². The zero-order valence-corrected chi connectivity index (χ0v) is 10.4. The zero-order valence-electron chi connectivity index (χ0n) is 9.61. The maximum atomic E-state index is 13.0. The molecular formula is C14H13ClFNO. The van der Waals surface area contributed by atoms with Gasteiger partial charge >= 0.3 is 0 Å². The number of aromatic hydroxyl groups is 1. The molecule has 0 saturated heterocycles. The van der Waals surface area contributed by atoms with Crippen LogP contribution in [-0.2, 0) is 6.42 Å². The SMILES string of the molecule is NC(Cc1ccc(O)cc1)c1ccc(F)c(Cl)c1. The van der Waals surface area contributed by atoms with Gasteiger partial charge in [0.15, 0.2) is 0 Å². The van der Waals surface area contributed by atoms with Gasteiger partial charge in [-0.15, -0.1) is 0 Å². The third-order valence-electron chi connectivity index (χ3n) is 2.76. The minimum absolute atomic E-state index is 0.0775. The van der Waals surface area contributed by atoms with E-state index in [1.807, 2.05) is 0 Å². The quantitative estimate of drug-likeness (QED) is 0.893. The fourth-order valence-corrected chi connectivity index (χ4v) is 1.94. The topological polar surface area (TPSA) is 46.2 Å². The molecule has 1 atom stereocenters. The second-order valence-corrected chi connectivity index (χ2v) is 4.56. The van der Waals surface area contributed by atoms with Crippen LogP contribution in [0.25, 0.3) is 0 Å². The summed E-state index contributed by atoms with van der Waals surface area (Å²) >= 11 is 5.72. The molecule has 0 saturated carbocycles. The van der Waals surface area contributed by atoms with Crippen LogP contribution in [0.4, 0.5) is 4.39 Å². The van der Waals surface area contributed by atoms with Crippen molar-refractivity contribution in [2.45, 2.75) is 12.5 Å². The molecule has 2 nitrogen and oxygen atoms in total. The Labute approximate surface area is 110 Å². The Morgan fingerprint density at radius 2 is 1.83 bits per heavy atom.